The summed E-state index contributed by atoms with van der Waals surface area (Å²) in [4.78, 5) is 27.7. The number of amides is 2. The van der Waals surface area contributed by atoms with Gasteiger partial charge in [0.05, 0.1) is 11.4 Å². The quantitative estimate of drug-likeness (QED) is 0.912. The topological polar surface area (TPSA) is 71.1 Å². The van der Waals surface area contributed by atoms with Gasteiger partial charge in [-0.05, 0) is 50.1 Å². The van der Waals surface area contributed by atoms with Crippen LogP contribution in [0, 0.1) is 20.8 Å². The Labute approximate surface area is 136 Å². The fraction of sp³-hybridized carbons (Fsp3) is 0.278. The third-order valence-electron chi connectivity index (χ3n) is 3.52. The zero-order valence-electron chi connectivity index (χ0n) is 13.9. The summed E-state index contributed by atoms with van der Waals surface area (Å²) in [6.45, 7) is 7.69. The summed E-state index contributed by atoms with van der Waals surface area (Å²) in [5, 5.41) is 5.64. The number of nitrogens with zero attached hydrogens (tertiary/aromatic N) is 1. The second kappa shape index (κ2) is 7.05. The molecule has 0 fully saturated rings. The number of carbonyl (C=O) groups excluding carboxylic acids is 2. The lowest BCUT2D eigenvalue weighted by atomic mass is 10.1. The number of nitrogens with one attached hydrogen (secondary N) is 2. The SMILES string of the molecule is CC(=O)NCc1ccc(C(=O)Nc2c(C)cc(C)nc2C)cc1. The second-order valence-corrected chi connectivity index (χ2v) is 5.60. The van der Waals surface area contributed by atoms with Crippen molar-refractivity contribution in [3.63, 3.8) is 0 Å². The van der Waals surface area contributed by atoms with Gasteiger partial charge in [0, 0.05) is 24.7 Å². The number of aryl methyl sites for hydroxylation is 3. The number of benzene rings is 1. The number of pyridine rings is 1. The van der Waals surface area contributed by atoms with Crippen LogP contribution in [0.25, 0.3) is 0 Å². The molecule has 0 radical (unpaired) electrons. The fourth-order valence-electron chi connectivity index (χ4n) is 2.40. The van der Waals surface area contributed by atoms with Crippen molar-refractivity contribution in [2.24, 2.45) is 0 Å². The molecule has 2 N–H and O–H groups in total. The lowest BCUT2D eigenvalue weighted by Crippen LogP contribution is -2.19. The fourth-order valence-corrected chi connectivity index (χ4v) is 2.40. The van der Waals surface area contributed by atoms with Crippen molar-refractivity contribution in [1.82, 2.24) is 10.3 Å². The van der Waals surface area contributed by atoms with Crippen LogP contribution in [-0.4, -0.2) is 16.8 Å². The Balaban J connectivity index is 2.11. The summed E-state index contributed by atoms with van der Waals surface area (Å²) in [5.74, 6) is -0.252. The molecule has 0 bridgehead atoms. The van der Waals surface area contributed by atoms with E-state index in [1.54, 1.807) is 12.1 Å². The molecule has 0 aliphatic rings. The third kappa shape index (κ3) is 4.39. The molecule has 0 aliphatic carbocycles. The van der Waals surface area contributed by atoms with Gasteiger partial charge in [-0.3, -0.25) is 14.6 Å². The number of aromatic nitrogens is 1. The maximum Gasteiger partial charge on any atom is 0.255 e. The molecule has 2 rings (SSSR count). The van der Waals surface area contributed by atoms with Gasteiger partial charge in [0.2, 0.25) is 5.91 Å². The van der Waals surface area contributed by atoms with Crippen LogP contribution in [0.5, 0.6) is 0 Å². The highest BCUT2D eigenvalue weighted by Gasteiger charge is 2.11. The molecule has 0 spiro atoms. The number of carbonyl (C=O) groups is 2. The normalized spacial score (nSPS) is 10.3. The lowest BCUT2D eigenvalue weighted by molar-refractivity contribution is -0.119. The zero-order chi connectivity index (χ0) is 17.0. The molecule has 23 heavy (non-hydrogen) atoms. The van der Waals surface area contributed by atoms with Crippen LogP contribution in [-0.2, 0) is 11.3 Å². The van der Waals surface area contributed by atoms with Gasteiger partial charge in [-0.25, -0.2) is 0 Å². The molecule has 120 valence electrons. The van der Waals surface area contributed by atoms with E-state index in [0.717, 1.165) is 28.2 Å². The molecule has 0 saturated heterocycles. The van der Waals surface area contributed by atoms with Crippen LogP contribution in [0.3, 0.4) is 0 Å². The molecule has 2 amide bonds. The predicted octanol–water partition coefficient (Wildman–Crippen LogP) is 2.90. The van der Waals surface area contributed by atoms with Gasteiger partial charge in [-0.15, -0.1) is 0 Å². The Morgan fingerprint density at radius 1 is 1.09 bits per heavy atom. The number of rotatable bonds is 4. The van der Waals surface area contributed by atoms with E-state index in [2.05, 4.69) is 15.6 Å². The maximum atomic E-state index is 12.4. The van der Waals surface area contributed by atoms with Crippen molar-refractivity contribution in [3.05, 3.63) is 58.4 Å². The van der Waals surface area contributed by atoms with Crippen molar-refractivity contribution < 1.29 is 9.59 Å². The summed E-state index contributed by atoms with van der Waals surface area (Å²) < 4.78 is 0. The standard InChI is InChI=1S/C18H21N3O2/c1-11-9-12(2)20-13(3)17(11)21-18(23)16-7-5-15(6-8-16)10-19-14(4)22/h5-9H,10H2,1-4H3,(H,19,22)(H,21,23). The van der Waals surface area contributed by atoms with Crippen LogP contribution in [0.2, 0.25) is 0 Å². The van der Waals surface area contributed by atoms with Crippen LogP contribution >= 0.6 is 0 Å². The average Bonchev–Trinajstić information content (AvgIpc) is 2.49. The van der Waals surface area contributed by atoms with Crippen molar-refractivity contribution in [2.75, 3.05) is 5.32 Å². The average molecular weight is 311 g/mol. The highest BCUT2D eigenvalue weighted by molar-refractivity contribution is 6.04. The molecule has 0 saturated carbocycles. The largest absolute Gasteiger partial charge is 0.352 e. The van der Waals surface area contributed by atoms with E-state index in [0.29, 0.717) is 12.1 Å². The molecular weight excluding hydrogens is 290 g/mol. The van der Waals surface area contributed by atoms with Gasteiger partial charge in [0.25, 0.3) is 5.91 Å². The van der Waals surface area contributed by atoms with E-state index in [1.165, 1.54) is 6.92 Å². The molecule has 5 heteroatoms. The van der Waals surface area contributed by atoms with E-state index in [-0.39, 0.29) is 11.8 Å². The van der Waals surface area contributed by atoms with Gasteiger partial charge in [-0.1, -0.05) is 12.1 Å². The Morgan fingerprint density at radius 2 is 1.74 bits per heavy atom. The Morgan fingerprint density at radius 3 is 2.30 bits per heavy atom. The zero-order valence-corrected chi connectivity index (χ0v) is 13.9. The van der Waals surface area contributed by atoms with E-state index < -0.39 is 0 Å². The summed E-state index contributed by atoms with van der Waals surface area (Å²) in [6.07, 6.45) is 0. The second-order valence-electron chi connectivity index (χ2n) is 5.60. The summed E-state index contributed by atoms with van der Waals surface area (Å²) >= 11 is 0. The highest BCUT2D eigenvalue weighted by atomic mass is 16.2. The van der Waals surface area contributed by atoms with Gasteiger partial charge < -0.3 is 10.6 Å². The minimum Gasteiger partial charge on any atom is -0.352 e. The van der Waals surface area contributed by atoms with Gasteiger partial charge in [0.1, 0.15) is 0 Å². The molecule has 0 atom stereocenters. The highest BCUT2D eigenvalue weighted by Crippen LogP contribution is 2.20. The van der Waals surface area contributed by atoms with Gasteiger partial charge in [0.15, 0.2) is 0 Å². The van der Waals surface area contributed by atoms with Crippen molar-refractivity contribution in [2.45, 2.75) is 34.2 Å². The first kappa shape index (κ1) is 16.7. The van der Waals surface area contributed by atoms with Crippen LogP contribution in [0.15, 0.2) is 30.3 Å². The van der Waals surface area contributed by atoms with Crippen LogP contribution < -0.4 is 10.6 Å². The first-order valence-corrected chi connectivity index (χ1v) is 7.46. The summed E-state index contributed by atoms with van der Waals surface area (Å²) in [7, 11) is 0. The predicted molar refractivity (Wildman–Crippen MR) is 90.4 cm³/mol. The monoisotopic (exact) mass is 311 g/mol. The molecule has 1 aromatic carbocycles. The Hall–Kier alpha value is -2.69. The van der Waals surface area contributed by atoms with Gasteiger partial charge >= 0.3 is 0 Å². The van der Waals surface area contributed by atoms with E-state index in [9.17, 15) is 9.59 Å². The minimum atomic E-state index is -0.173. The molecule has 2 aromatic rings. The third-order valence-corrected chi connectivity index (χ3v) is 3.52. The molecule has 1 aromatic heterocycles. The first-order valence-electron chi connectivity index (χ1n) is 7.46. The molecule has 1 heterocycles. The first-order chi connectivity index (χ1) is 10.9. The van der Waals surface area contributed by atoms with E-state index in [1.807, 2.05) is 39.0 Å². The van der Waals surface area contributed by atoms with Gasteiger partial charge in [-0.2, -0.15) is 0 Å². The van der Waals surface area contributed by atoms with E-state index in [4.69, 9.17) is 0 Å². The van der Waals surface area contributed by atoms with Crippen molar-refractivity contribution in [3.8, 4) is 0 Å². The Kier molecular flexibility index (Phi) is 5.11. The number of hydrogen-bond acceptors (Lipinski definition) is 3. The smallest absolute Gasteiger partial charge is 0.255 e. The van der Waals surface area contributed by atoms with E-state index >= 15 is 0 Å². The lowest BCUT2D eigenvalue weighted by Gasteiger charge is -2.12. The number of anilines is 1. The van der Waals surface area contributed by atoms with Crippen molar-refractivity contribution >= 4 is 17.5 Å². The van der Waals surface area contributed by atoms with Crippen LogP contribution in [0.4, 0.5) is 5.69 Å². The molecule has 0 aliphatic heterocycles. The summed E-state index contributed by atoms with van der Waals surface area (Å²) in [6, 6.07) is 9.10. The molecular formula is C18H21N3O2. The molecule has 0 unspecified atom stereocenters. The maximum absolute atomic E-state index is 12.4. The Bertz CT molecular complexity index is 713. The molecule has 5 nitrogen and oxygen atoms in total. The van der Waals surface area contributed by atoms with Crippen LogP contribution in [0.1, 0.15) is 39.8 Å². The minimum absolute atomic E-state index is 0.0790. The summed E-state index contributed by atoms with van der Waals surface area (Å²) in [5.41, 5.74) is 4.99. The number of hydrogen-bond donors (Lipinski definition) is 2. The van der Waals surface area contributed by atoms with Crippen molar-refractivity contribution in [1.29, 1.82) is 0 Å².